The summed E-state index contributed by atoms with van der Waals surface area (Å²) < 4.78 is 3.74. The maximum atomic E-state index is 4.23. The van der Waals surface area contributed by atoms with Crippen molar-refractivity contribution in [3.63, 3.8) is 0 Å². The van der Waals surface area contributed by atoms with Crippen LogP contribution in [0.5, 0.6) is 0 Å². The zero-order valence-electron chi connectivity index (χ0n) is 45.4. The average Bonchev–Trinajstić information content (AvgIpc) is 4.14. The van der Waals surface area contributed by atoms with Gasteiger partial charge in [-0.05, 0) is 105 Å². The lowest BCUT2D eigenvalue weighted by molar-refractivity contribution is 0.669. The first-order valence-corrected chi connectivity index (χ1v) is 26.4. The second-order valence-electron chi connectivity index (χ2n) is 18.0. The van der Waals surface area contributed by atoms with Crippen LogP contribution in [0.3, 0.4) is 0 Å². The van der Waals surface area contributed by atoms with Crippen LogP contribution in [0.1, 0.15) is 195 Å². The highest BCUT2D eigenvalue weighted by Crippen LogP contribution is 2.26. The summed E-state index contributed by atoms with van der Waals surface area (Å²) in [6, 6.07) is 21.1. The smallest absolute Gasteiger partial charge is 0.0649 e. The van der Waals surface area contributed by atoms with E-state index in [4.69, 9.17) is 0 Å². The Morgan fingerprint density at radius 2 is 1.05 bits per heavy atom. The third kappa shape index (κ3) is 27.9. The molecule has 0 fully saturated rings. The molecule has 5 aromatic rings. The quantitative estimate of drug-likeness (QED) is 0.163. The lowest BCUT2D eigenvalue weighted by Crippen LogP contribution is -1.99. The zero-order chi connectivity index (χ0) is 50.1. The summed E-state index contributed by atoms with van der Waals surface area (Å²) in [4.78, 5) is 1.48. The number of thiophene rings is 2. The van der Waals surface area contributed by atoms with E-state index in [1.54, 1.807) is 22.5 Å². The second-order valence-corrected chi connectivity index (χ2v) is 19.8. The third-order valence-electron chi connectivity index (χ3n) is 10.3. The van der Waals surface area contributed by atoms with E-state index in [0.29, 0.717) is 41.4 Å². The van der Waals surface area contributed by atoms with Crippen molar-refractivity contribution >= 4 is 22.7 Å². The normalized spacial score (nSPS) is 14.1. The predicted octanol–water partition coefficient (Wildman–Crippen LogP) is 19.2. The van der Waals surface area contributed by atoms with E-state index in [0.717, 1.165) is 17.5 Å². The van der Waals surface area contributed by atoms with E-state index in [2.05, 4.69) is 216 Å². The Hall–Kier alpha value is -4.00. The summed E-state index contributed by atoms with van der Waals surface area (Å²) in [5, 5.41) is 14.7. The van der Waals surface area contributed by atoms with Gasteiger partial charge in [0, 0.05) is 37.1 Å². The van der Waals surface area contributed by atoms with Gasteiger partial charge in [0.1, 0.15) is 0 Å². The molecule has 0 radical (unpaired) electrons. The summed E-state index contributed by atoms with van der Waals surface area (Å²) >= 11 is 3.60. The Kier molecular flexibility index (Phi) is 36.0. The van der Waals surface area contributed by atoms with Gasteiger partial charge in [-0.2, -0.15) is 21.5 Å². The van der Waals surface area contributed by atoms with Crippen molar-refractivity contribution in [1.29, 1.82) is 0 Å². The molecule has 4 nitrogen and oxygen atoms in total. The van der Waals surface area contributed by atoms with Crippen LogP contribution < -0.4 is 0 Å². The molecule has 1 aromatic carbocycles. The van der Waals surface area contributed by atoms with Crippen molar-refractivity contribution in [3.05, 3.63) is 164 Å². The van der Waals surface area contributed by atoms with Crippen molar-refractivity contribution in [2.75, 3.05) is 0 Å². The second kappa shape index (κ2) is 37.1. The minimum absolute atomic E-state index is 0.547. The molecule has 2 aliphatic carbocycles. The summed E-state index contributed by atoms with van der Waals surface area (Å²) in [5.41, 5.74) is 8.45. The third-order valence-corrected chi connectivity index (χ3v) is 12.2. The molecular formula is C59H96N4S2. The molecular weight excluding hydrogens is 829 g/mol. The molecule has 4 heterocycles. The van der Waals surface area contributed by atoms with E-state index >= 15 is 0 Å². The summed E-state index contributed by atoms with van der Waals surface area (Å²) in [6.07, 6.45) is 17.1. The largest absolute Gasteiger partial charge is 0.276 e. The van der Waals surface area contributed by atoms with Crippen LogP contribution in [-0.2, 0) is 14.1 Å². The number of hydrogen-bond acceptors (Lipinski definition) is 4. The Bertz CT molecular complexity index is 1850. The van der Waals surface area contributed by atoms with Crippen molar-refractivity contribution in [2.45, 2.75) is 168 Å². The van der Waals surface area contributed by atoms with E-state index in [-0.39, 0.29) is 0 Å². The topological polar surface area (TPSA) is 35.6 Å². The number of nitrogens with zero attached hydrogens (tertiary/aromatic N) is 4. The number of benzene rings is 1. The molecule has 0 saturated carbocycles. The van der Waals surface area contributed by atoms with E-state index < -0.39 is 0 Å². The van der Waals surface area contributed by atoms with Gasteiger partial charge in [-0.1, -0.05) is 222 Å². The van der Waals surface area contributed by atoms with E-state index in [1.807, 2.05) is 93.1 Å². The van der Waals surface area contributed by atoms with Gasteiger partial charge in [-0.3, -0.25) is 9.36 Å². The van der Waals surface area contributed by atoms with Gasteiger partial charge in [0.05, 0.1) is 5.69 Å². The molecule has 0 bridgehead atoms. The predicted molar refractivity (Wildman–Crippen MR) is 297 cm³/mol. The Balaban J connectivity index is 0. The molecule has 7 rings (SSSR count). The molecule has 4 aromatic heterocycles. The first kappa shape index (κ1) is 63.1. The molecule has 2 atom stereocenters. The van der Waals surface area contributed by atoms with Gasteiger partial charge < -0.3 is 0 Å². The highest BCUT2D eigenvalue weighted by Gasteiger charge is 2.12. The fourth-order valence-corrected chi connectivity index (χ4v) is 7.95. The van der Waals surface area contributed by atoms with Gasteiger partial charge in [0.25, 0.3) is 0 Å². The minimum atomic E-state index is 0.547. The molecule has 0 amide bonds. The monoisotopic (exact) mass is 925 g/mol. The molecule has 0 N–H and O–H groups in total. The zero-order valence-corrected chi connectivity index (χ0v) is 47.1. The summed E-state index contributed by atoms with van der Waals surface area (Å²) in [6.45, 7) is 43.3. The molecule has 65 heavy (non-hydrogen) atoms. The van der Waals surface area contributed by atoms with Gasteiger partial charge in [-0.25, -0.2) is 0 Å². The first-order chi connectivity index (χ1) is 30.8. The van der Waals surface area contributed by atoms with Gasteiger partial charge >= 0.3 is 0 Å². The summed E-state index contributed by atoms with van der Waals surface area (Å²) in [7, 11) is 3.90. The maximum absolute atomic E-state index is 4.23. The molecule has 2 aliphatic rings. The fraction of sp³-hybridized carbons (Fsp3) is 0.525. The van der Waals surface area contributed by atoms with Crippen LogP contribution >= 0.6 is 22.7 Å². The van der Waals surface area contributed by atoms with Gasteiger partial charge in [0.2, 0.25) is 0 Å². The maximum Gasteiger partial charge on any atom is 0.0649 e. The van der Waals surface area contributed by atoms with Crippen LogP contribution in [0.2, 0.25) is 0 Å². The van der Waals surface area contributed by atoms with Crippen molar-refractivity contribution < 1.29 is 0 Å². The molecule has 2 unspecified atom stereocenters. The number of aryl methyl sites for hydroxylation is 2. The summed E-state index contributed by atoms with van der Waals surface area (Å²) in [5.74, 6) is 5.99. The van der Waals surface area contributed by atoms with Crippen LogP contribution in [0.4, 0.5) is 0 Å². The van der Waals surface area contributed by atoms with Gasteiger partial charge in [-0.15, -0.1) is 11.3 Å². The first-order valence-electron chi connectivity index (χ1n) is 24.6. The molecule has 364 valence electrons. The SMILES string of the molecule is CC.CC.CC(C)C1=CC=CC1C.CC(C)C1=CC=CC1C.CC(C)c1ccccc1.CC(C)c1cccs1.CC(C)c1ccn(C)n1.CC(C)c1ccnn1C.CC(C)c1ccsc1. The standard InChI is InChI=1S/2C9H14.C9H12.2C7H12N2.2C7H10S.2C2H6/c2*1-7(2)9-6-4-5-8(9)3;1-8(2)9-6-4-3-5-7-9;1-6(2)7-4-5-9(3)8-7;1-6(2)7-4-5-8-9(7)3;1-6(2)7-3-4-8-5-7;1-6(2)7-4-3-5-8-7;2*1-2/h2*4-8H,1-3H3;3-8H,1-2H3;2*4-6H,1-3H3;2*3-6H,1-2H3;2*1-2H3. The fourth-order valence-electron chi connectivity index (χ4n) is 6.38. The highest BCUT2D eigenvalue weighted by atomic mass is 32.1. The number of rotatable bonds is 7. The lowest BCUT2D eigenvalue weighted by Gasteiger charge is -2.10. The van der Waals surface area contributed by atoms with Crippen LogP contribution in [-0.4, -0.2) is 19.6 Å². The van der Waals surface area contributed by atoms with Crippen molar-refractivity contribution in [2.24, 2.45) is 37.8 Å². The highest BCUT2D eigenvalue weighted by molar-refractivity contribution is 7.10. The van der Waals surface area contributed by atoms with Crippen LogP contribution in [0.15, 0.2) is 137 Å². The van der Waals surface area contributed by atoms with Gasteiger partial charge in [0.15, 0.2) is 0 Å². The lowest BCUT2D eigenvalue weighted by atomic mass is 9.95. The van der Waals surface area contributed by atoms with Crippen molar-refractivity contribution in [3.8, 4) is 0 Å². The van der Waals surface area contributed by atoms with E-state index in [1.165, 1.54) is 21.7 Å². The van der Waals surface area contributed by atoms with Crippen molar-refractivity contribution in [1.82, 2.24) is 19.6 Å². The average molecular weight is 926 g/mol. The van der Waals surface area contributed by atoms with Crippen LogP contribution in [0, 0.1) is 23.7 Å². The number of allylic oxidation sites excluding steroid dienone is 8. The Morgan fingerprint density at radius 3 is 1.25 bits per heavy atom. The molecule has 0 saturated heterocycles. The molecule has 0 spiro atoms. The Labute approximate surface area is 410 Å². The number of aromatic nitrogens is 4. The Morgan fingerprint density at radius 1 is 0.523 bits per heavy atom. The van der Waals surface area contributed by atoms with E-state index in [9.17, 15) is 0 Å². The number of hydrogen-bond donors (Lipinski definition) is 0. The minimum Gasteiger partial charge on any atom is -0.276 e. The molecule has 6 heteroatoms. The molecule has 0 aliphatic heterocycles. The van der Waals surface area contributed by atoms with Crippen LogP contribution in [0.25, 0.3) is 0 Å².